The first-order valence-corrected chi connectivity index (χ1v) is 7.02. The Labute approximate surface area is 114 Å². The van der Waals surface area contributed by atoms with Crippen molar-refractivity contribution in [2.75, 3.05) is 39.8 Å². The zero-order valence-corrected chi connectivity index (χ0v) is 11.5. The van der Waals surface area contributed by atoms with Crippen molar-refractivity contribution >= 4 is 11.6 Å². The Morgan fingerprint density at radius 2 is 2.00 bits per heavy atom. The van der Waals surface area contributed by atoms with E-state index in [4.69, 9.17) is 11.6 Å². The summed E-state index contributed by atoms with van der Waals surface area (Å²) in [5.41, 5.74) is 1.37. The summed E-state index contributed by atoms with van der Waals surface area (Å²) < 4.78 is 0. The Balaban J connectivity index is 1.77. The van der Waals surface area contributed by atoms with Gasteiger partial charge in [0.1, 0.15) is 0 Å². The molecule has 98 valence electrons. The summed E-state index contributed by atoms with van der Waals surface area (Å²) in [5.74, 6) is 0. The fourth-order valence-corrected chi connectivity index (χ4v) is 3.22. The van der Waals surface area contributed by atoms with Gasteiger partial charge in [0.2, 0.25) is 0 Å². The maximum Gasteiger partial charge on any atom is 0.0472 e. The maximum absolute atomic E-state index is 5.97. The predicted molar refractivity (Wildman–Crippen MR) is 75.1 cm³/mol. The quantitative estimate of drug-likeness (QED) is 0.832. The van der Waals surface area contributed by atoms with Gasteiger partial charge in [-0.2, -0.15) is 0 Å². The number of nitrogens with zero attached hydrogens (tertiary/aromatic N) is 2. The van der Waals surface area contributed by atoms with Crippen LogP contribution in [0.25, 0.3) is 0 Å². The van der Waals surface area contributed by atoms with E-state index in [2.05, 4.69) is 34.3 Å². The molecule has 0 saturated carbocycles. The monoisotopic (exact) mass is 265 g/mol. The number of nitrogens with one attached hydrogen (secondary N) is 1. The van der Waals surface area contributed by atoms with Crippen LogP contribution in [0.1, 0.15) is 11.6 Å². The first-order valence-electron chi connectivity index (χ1n) is 6.64. The van der Waals surface area contributed by atoms with Crippen LogP contribution in [0.15, 0.2) is 24.3 Å². The van der Waals surface area contributed by atoms with Gasteiger partial charge in [0, 0.05) is 49.8 Å². The lowest BCUT2D eigenvalue weighted by atomic mass is 9.99. The van der Waals surface area contributed by atoms with Gasteiger partial charge in [-0.3, -0.25) is 9.80 Å². The third kappa shape index (κ3) is 2.41. The molecule has 2 aliphatic rings. The van der Waals surface area contributed by atoms with Crippen molar-refractivity contribution in [2.45, 2.75) is 12.1 Å². The molecule has 0 aromatic heterocycles. The molecule has 2 aliphatic heterocycles. The molecule has 2 saturated heterocycles. The number of hydrogen-bond acceptors (Lipinski definition) is 3. The van der Waals surface area contributed by atoms with Crippen molar-refractivity contribution in [3.8, 4) is 0 Å². The van der Waals surface area contributed by atoms with Crippen LogP contribution in [0.4, 0.5) is 0 Å². The summed E-state index contributed by atoms with van der Waals surface area (Å²) >= 11 is 5.97. The molecule has 1 aromatic rings. The van der Waals surface area contributed by atoms with Gasteiger partial charge in [-0.25, -0.2) is 0 Å². The van der Waals surface area contributed by atoms with Crippen molar-refractivity contribution < 1.29 is 0 Å². The summed E-state index contributed by atoms with van der Waals surface area (Å²) in [6.45, 7) is 5.68. The minimum atomic E-state index is 0.497. The summed E-state index contributed by atoms with van der Waals surface area (Å²) in [7, 11) is 2.23. The van der Waals surface area contributed by atoms with Crippen LogP contribution < -0.4 is 5.32 Å². The molecule has 2 unspecified atom stereocenters. The lowest BCUT2D eigenvalue weighted by Gasteiger charge is -2.47. The van der Waals surface area contributed by atoms with Gasteiger partial charge in [-0.05, 0) is 24.7 Å². The molecular formula is C14H20ClN3. The third-order valence-corrected chi connectivity index (χ3v) is 4.42. The Hall–Kier alpha value is -0.610. The largest absolute Gasteiger partial charge is 0.314 e. The number of rotatable bonds is 1. The Kier molecular flexibility index (Phi) is 3.57. The van der Waals surface area contributed by atoms with Crippen LogP contribution in [0.3, 0.4) is 0 Å². The second kappa shape index (κ2) is 5.17. The van der Waals surface area contributed by atoms with Gasteiger partial charge in [0.15, 0.2) is 0 Å². The molecule has 0 amide bonds. The van der Waals surface area contributed by atoms with Crippen LogP contribution in [-0.4, -0.2) is 55.6 Å². The van der Waals surface area contributed by atoms with Crippen LogP contribution in [0.5, 0.6) is 0 Å². The van der Waals surface area contributed by atoms with Gasteiger partial charge in [-0.1, -0.05) is 23.7 Å². The Bertz CT molecular complexity index is 406. The highest BCUT2D eigenvalue weighted by Crippen LogP contribution is 2.27. The molecule has 1 aromatic carbocycles. The van der Waals surface area contributed by atoms with E-state index in [1.807, 2.05) is 12.1 Å². The highest BCUT2D eigenvalue weighted by atomic mass is 35.5. The fourth-order valence-electron chi connectivity index (χ4n) is 3.09. The lowest BCUT2D eigenvalue weighted by Crippen LogP contribution is -2.61. The zero-order chi connectivity index (χ0) is 12.5. The second-order valence-electron chi connectivity index (χ2n) is 5.36. The Morgan fingerprint density at radius 3 is 2.78 bits per heavy atom. The third-order valence-electron chi connectivity index (χ3n) is 4.17. The summed E-state index contributed by atoms with van der Waals surface area (Å²) in [4.78, 5) is 5.09. The van der Waals surface area contributed by atoms with E-state index in [9.17, 15) is 0 Å². The van der Waals surface area contributed by atoms with Crippen LogP contribution in [0.2, 0.25) is 5.02 Å². The minimum absolute atomic E-state index is 0.497. The van der Waals surface area contributed by atoms with Gasteiger partial charge in [0.25, 0.3) is 0 Å². The highest BCUT2D eigenvalue weighted by Gasteiger charge is 2.33. The van der Waals surface area contributed by atoms with Gasteiger partial charge >= 0.3 is 0 Å². The summed E-state index contributed by atoms with van der Waals surface area (Å²) in [6, 6.07) is 9.48. The van der Waals surface area contributed by atoms with E-state index in [1.165, 1.54) is 12.1 Å². The average Bonchev–Trinajstić information content (AvgIpc) is 2.39. The maximum atomic E-state index is 5.97. The molecule has 1 N–H and O–H groups in total. The average molecular weight is 266 g/mol. The topological polar surface area (TPSA) is 18.5 Å². The molecule has 2 heterocycles. The number of likely N-dealkylation sites (N-methyl/N-ethyl adjacent to an activating group) is 1. The fraction of sp³-hybridized carbons (Fsp3) is 0.571. The normalized spacial score (nSPS) is 30.1. The van der Waals surface area contributed by atoms with E-state index in [1.54, 1.807) is 0 Å². The first kappa shape index (κ1) is 12.4. The van der Waals surface area contributed by atoms with Crippen molar-refractivity contribution in [2.24, 2.45) is 0 Å². The second-order valence-corrected chi connectivity index (χ2v) is 5.80. The molecule has 2 fully saturated rings. The number of hydrogen-bond donors (Lipinski definition) is 1. The van der Waals surface area contributed by atoms with Gasteiger partial charge < -0.3 is 5.32 Å². The lowest BCUT2D eigenvalue weighted by molar-refractivity contribution is 0.0300. The van der Waals surface area contributed by atoms with Crippen molar-refractivity contribution in [1.82, 2.24) is 15.1 Å². The standard InChI is InChI=1S/C14H20ClN3/c1-17-9-13-8-16-6-7-18(13)10-14(17)11-2-4-12(15)5-3-11/h2-5,13-14,16H,6-10H2,1H3. The number of benzene rings is 1. The van der Waals surface area contributed by atoms with E-state index in [0.29, 0.717) is 12.1 Å². The number of fused-ring (bicyclic) bond motifs is 1. The molecular weight excluding hydrogens is 246 g/mol. The van der Waals surface area contributed by atoms with Crippen molar-refractivity contribution in [1.29, 1.82) is 0 Å². The van der Waals surface area contributed by atoms with Crippen LogP contribution >= 0.6 is 11.6 Å². The molecule has 0 bridgehead atoms. The zero-order valence-electron chi connectivity index (χ0n) is 10.8. The Morgan fingerprint density at radius 1 is 1.22 bits per heavy atom. The molecule has 4 heteroatoms. The highest BCUT2D eigenvalue weighted by molar-refractivity contribution is 6.30. The van der Waals surface area contributed by atoms with Gasteiger partial charge in [0.05, 0.1) is 0 Å². The molecule has 0 aliphatic carbocycles. The van der Waals surface area contributed by atoms with E-state index in [-0.39, 0.29) is 0 Å². The molecule has 2 atom stereocenters. The molecule has 0 spiro atoms. The van der Waals surface area contributed by atoms with E-state index >= 15 is 0 Å². The number of piperazine rings is 2. The molecule has 18 heavy (non-hydrogen) atoms. The van der Waals surface area contributed by atoms with Crippen molar-refractivity contribution in [3.63, 3.8) is 0 Å². The minimum Gasteiger partial charge on any atom is -0.314 e. The SMILES string of the molecule is CN1CC2CNCCN2CC1c1ccc(Cl)cc1. The molecule has 0 radical (unpaired) electrons. The van der Waals surface area contributed by atoms with Crippen LogP contribution in [0, 0.1) is 0 Å². The van der Waals surface area contributed by atoms with E-state index in [0.717, 1.165) is 31.2 Å². The number of halogens is 1. The molecule has 3 nitrogen and oxygen atoms in total. The molecule has 3 rings (SSSR count). The van der Waals surface area contributed by atoms with Gasteiger partial charge in [-0.15, -0.1) is 0 Å². The van der Waals surface area contributed by atoms with E-state index < -0.39 is 0 Å². The summed E-state index contributed by atoms with van der Waals surface area (Å²) in [5, 5.41) is 4.30. The van der Waals surface area contributed by atoms with Crippen LogP contribution in [-0.2, 0) is 0 Å². The first-order chi connectivity index (χ1) is 8.74. The van der Waals surface area contributed by atoms with Crippen molar-refractivity contribution in [3.05, 3.63) is 34.9 Å². The summed E-state index contributed by atoms with van der Waals surface area (Å²) in [6.07, 6.45) is 0. The smallest absolute Gasteiger partial charge is 0.0472 e. The predicted octanol–water partition coefficient (Wildman–Crippen LogP) is 1.60.